The number of amides is 4. The van der Waals surface area contributed by atoms with Crippen LogP contribution >= 0.6 is 43.2 Å². The zero-order valence-electron chi connectivity index (χ0n) is 30.9. The Hall–Kier alpha value is -3.05. The van der Waals surface area contributed by atoms with Gasteiger partial charge in [-0.2, -0.15) is 0 Å². The summed E-state index contributed by atoms with van der Waals surface area (Å²) in [6.45, 7) is 9.01. The number of carbonyl (C=O) groups excluding carboxylic acids is 5. The van der Waals surface area contributed by atoms with Crippen LogP contribution in [0.25, 0.3) is 0 Å². The topological polar surface area (TPSA) is 140 Å². The maximum absolute atomic E-state index is 15.4. The Morgan fingerprint density at radius 2 is 1.35 bits per heavy atom. The smallest absolute Gasteiger partial charge is 0.311 e. The van der Waals surface area contributed by atoms with Crippen molar-refractivity contribution in [1.29, 1.82) is 0 Å². The van der Waals surface area contributed by atoms with E-state index < -0.39 is 66.1 Å². The molecular formula is C38H41N5O7S4. The summed E-state index contributed by atoms with van der Waals surface area (Å²) in [5.74, 6) is -1.90. The lowest BCUT2D eigenvalue weighted by Crippen LogP contribution is -2.78. The van der Waals surface area contributed by atoms with Gasteiger partial charge in [-0.1, -0.05) is 77.9 Å². The second-order valence-electron chi connectivity index (χ2n) is 16.7. The van der Waals surface area contributed by atoms with Crippen molar-refractivity contribution >= 4 is 78.5 Å². The van der Waals surface area contributed by atoms with E-state index in [1.807, 2.05) is 62.4 Å². The minimum absolute atomic E-state index is 0.262. The van der Waals surface area contributed by atoms with E-state index in [2.05, 4.69) is 5.32 Å². The first-order valence-electron chi connectivity index (χ1n) is 18.4. The number of hydrogen-bond donors (Lipinski definition) is 2. The molecule has 2 aromatic carbocycles. The van der Waals surface area contributed by atoms with Gasteiger partial charge in [-0.25, -0.2) is 0 Å². The number of aliphatic hydroxyl groups excluding tert-OH is 1. The van der Waals surface area contributed by atoms with Crippen molar-refractivity contribution in [3.63, 3.8) is 0 Å². The SMILES string of the molecule is CC[C@@]12SS[C@]3(C(=O)N1C)[C@@H](O)[C@]1([C@@]45c6ccccc6N[C@@H]4N4C(=O)[C@]6(CC)SS[C@]4(C(=O)N6C)[C@H]5OC(=O)C(C)(C)C)c4ccccc4C[C@@H]1N3C2=O. The van der Waals surface area contributed by atoms with E-state index >= 15 is 19.2 Å². The first-order valence-corrected chi connectivity index (χ1v) is 22.7. The van der Waals surface area contributed by atoms with Crippen molar-refractivity contribution in [2.75, 3.05) is 19.4 Å². The van der Waals surface area contributed by atoms with Gasteiger partial charge < -0.3 is 29.9 Å². The highest BCUT2D eigenvalue weighted by Crippen LogP contribution is 2.79. The number of rotatable bonds is 4. The molecule has 10 aliphatic rings. The number of carbonyl (C=O) groups is 5. The molecule has 2 N–H and O–H groups in total. The molecule has 9 heterocycles. The van der Waals surface area contributed by atoms with Gasteiger partial charge in [-0.15, -0.1) is 0 Å². The van der Waals surface area contributed by atoms with E-state index in [-0.39, 0.29) is 23.6 Å². The molecule has 9 aliphatic heterocycles. The Bertz CT molecular complexity index is 2150. The molecule has 0 unspecified atom stereocenters. The Morgan fingerprint density at radius 3 is 1.98 bits per heavy atom. The predicted molar refractivity (Wildman–Crippen MR) is 208 cm³/mol. The van der Waals surface area contributed by atoms with Crippen molar-refractivity contribution in [2.45, 2.75) is 109 Å². The maximum atomic E-state index is 15.4. The highest BCUT2D eigenvalue weighted by Gasteiger charge is 2.93. The molecule has 12 nitrogen and oxygen atoms in total. The fourth-order valence-corrected chi connectivity index (χ4v) is 19.3. The number of likely N-dealkylation sites (N-methyl/N-ethyl adjacent to an activating group) is 2. The van der Waals surface area contributed by atoms with Gasteiger partial charge in [0.05, 0.1) is 22.3 Å². The molecule has 54 heavy (non-hydrogen) atoms. The van der Waals surface area contributed by atoms with E-state index in [0.29, 0.717) is 36.1 Å². The number of para-hydroxylation sites is 1. The first-order chi connectivity index (χ1) is 25.6. The number of piperazine rings is 2. The average Bonchev–Trinajstić information content (AvgIpc) is 3.81. The fourth-order valence-electron chi connectivity index (χ4n) is 11.4. The summed E-state index contributed by atoms with van der Waals surface area (Å²) < 4.78 is 6.92. The predicted octanol–water partition coefficient (Wildman–Crippen LogP) is 3.88. The van der Waals surface area contributed by atoms with Crippen LogP contribution in [0.3, 0.4) is 0 Å². The largest absolute Gasteiger partial charge is 0.457 e. The lowest BCUT2D eigenvalue weighted by atomic mass is 9.51. The maximum Gasteiger partial charge on any atom is 0.311 e. The van der Waals surface area contributed by atoms with Gasteiger partial charge in [-0.3, -0.25) is 28.9 Å². The number of aliphatic hydroxyl groups is 1. The number of esters is 1. The molecule has 12 rings (SSSR count). The van der Waals surface area contributed by atoms with Gasteiger partial charge in [0.25, 0.3) is 23.6 Å². The summed E-state index contributed by atoms with van der Waals surface area (Å²) in [5, 5.41) is 17.5. The van der Waals surface area contributed by atoms with Crippen LogP contribution in [0, 0.1) is 5.41 Å². The minimum Gasteiger partial charge on any atom is -0.457 e. The van der Waals surface area contributed by atoms with Crippen LogP contribution in [0.1, 0.15) is 64.2 Å². The molecule has 0 saturated carbocycles. The summed E-state index contributed by atoms with van der Waals surface area (Å²) >= 11 is 0. The van der Waals surface area contributed by atoms with E-state index in [9.17, 15) is 9.90 Å². The molecule has 0 aromatic heterocycles. The number of benzene rings is 2. The summed E-state index contributed by atoms with van der Waals surface area (Å²) in [5.41, 5.74) is -1.33. The molecule has 4 bridgehead atoms. The molecule has 4 amide bonds. The Morgan fingerprint density at radius 1 is 0.796 bits per heavy atom. The van der Waals surface area contributed by atoms with Crippen molar-refractivity contribution in [1.82, 2.24) is 19.6 Å². The molecule has 284 valence electrons. The molecule has 8 saturated heterocycles. The summed E-state index contributed by atoms with van der Waals surface area (Å²) in [6.07, 6.45) is -3.01. The first kappa shape index (κ1) is 35.4. The molecule has 2 aromatic rings. The Kier molecular flexibility index (Phi) is 6.85. The standard InChI is InChI=1S/C38H41N5O7S4/c1-8-33-27(45)42-23-18-19-14-10-11-15-20(19)35(23,24(44)37(42,53-51-33)29(47)40(33)6)36-21-16-12-13-17-22(21)39-26(36)43-28(46)34(9-2)41(7)30(48)38(43,54-52-34)25(36)50-31(49)32(3,4)5/h10-17,23-26,39,44H,8-9,18H2,1-7H3/t23-,24-,25-,26+,33-,34-,35-,36+,37-,38-/m0/s1. The summed E-state index contributed by atoms with van der Waals surface area (Å²) in [6, 6.07) is 14.5. The minimum atomic E-state index is -1.77. The number of anilines is 1. The zero-order chi connectivity index (χ0) is 38.3. The van der Waals surface area contributed by atoms with E-state index in [4.69, 9.17) is 4.74 Å². The van der Waals surface area contributed by atoms with Crippen LogP contribution in [0.2, 0.25) is 0 Å². The highest BCUT2D eigenvalue weighted by molar-refractivity contribution is 8.78. The third-order valence-corrected chi connectivity index (χ3v) is 21.4. The quantitative estimate of drug-likeness (QED) is 0.343. The van der Waals surface area contributed by atoms with Crippen LogP contribution in [0.4, 0.5) is 5.69 Å². The summed E-state index contributed by atoms with van der Waals surface area (Å²) in [7, 11) is 8.36. The number of ether oxygens (including phenoxy) is 1. The second kappa shape index (κ2) is 10.5. The van der Waals surface area contributed by atoms with Crippen molar-refractivity contribution in [3.8, 4) is 0 Å². The van der Waals surface area contributed by atoms with Gasteiger partial charge in [-0.05, 0) is 84.4 Å². The van der Waals surface area contributed by atoms with Crippen molar-refractivity contribution < 1.29 is 33.8 Å². The molecule has 10 atom stereocenters. The second-order valence-corrected chi connectivity index (χ2v) is 22.0. The van der Waals surface area contributed by atoms with Gasteiger partial charge in [0, 0.05) is 19.8 Å². The molecule has 0 radical (unpaired) electrons. The van der Waals surface area contributed by atoms with Crippen LogP contribution in [0.5, 0.6) is 0 Å². The monoisotopic (exact) mass is 807 g/mol. The molecule has 2 spiro atoms. The zero-order valence-corrected chi connectivity index (χ0v) is 34.1. The van der Waals surface area contributed by atoms with Crippen LogP contribution < -0.4 is 5.32 Å². The van der Waals surface area contributed by atoms with Crippen LogP contribution in [0.15, 0.2) is 48.5 Å². The third kappa shape index (κ3) is 3.25. The lowest BCUT2D eigenvalue weighted by Gasteiger charge is -2.59. The van der Waals surface area contributed by atoms with Crippen molar-refractivity contribution in [3.05, 3.63) is 65.2 Å². The third-order valence-electron chi connectivity index (χ3n) is 13.9. The molecule has 1 aliphatic carbocycles. The fraction of sp³-hybridized carbons (Fsp3) is 0.553. The van der Waals surface area contributed by atoms with Gasteiger partial charge in [0.15, 0.2) is 15.8 Å². The van der Waals surface area contributed by atoms with E-state index in [1.165, 1.54) is 53.0 Å². The summed E-state index contributed by atoms with van der Waals surface area (Å²) in [4.78, 5) is 75.9. The number of nitrogens with zero attached hydrogens (tertiary/aromatic N) is 4. The molecule has 16 heteroatoms. The molecular weight excluding hydrogens is 767 g/mol. The van der Waals surface area contributed by atoms with Crippen LogP contribution in [-0.4, -0.2) is 112 Å². The highest BCUT2D eigenvalue weighted by atomic mass is 33.1. The Balaban J connectivity index is 1.37. The van der Waals surface area contributed by atoms with E-state index in [1.54, 1.807) is 44.7 Å². The van der Waals surface area contributed by atoms with Gasteiger partial charge >= 0.3 is 5.97 Å². The van der Waals surface area contributed by atoms with Crippen molar-refractivity contribution in [2.24, 2.45) is 5.41 Å². The van der Waals surface area contributed by atoms with E-state index in [0.717, 1.165) is 5.56 Å². The Labute approximate surface area is 329 Å². The number of nitrogens with one attached hydrogen (secondary N) is 1. The average molecular weight is 808 g/mol. The van der Waals surface area contributed by atoms with Gasteiger partial charge in [0.1, 0.15) is 12.3 Å². The number of fused-ring (bicyclic) bond motifs is 11. The number of hydrogen-bond acceptors (Lipinski definition) is 12. The normalized spacial score (nSPS) is 42.1. The lowest BCUT2D eigenvalue weighted by molar-refractivity contribution is -0.177. The van der Waals surface area contributed by atoms with Gasteiger partial charge in [0.2, 0.25) is 9.74 Å². The molecule has 8 fully saturated rings. The van der Waals surface area contributed by atoms with Crippen LogP contribution in [-0.2, 0) is 46.0 Å².